The molecule has 94 valence electrons. The van der Waals surface area contributed by atoms with E-state index in [1.807, 2.05) is 0 Å². The van der Waals surface area contributed by atoms with Crippen LogP contribution in [0, 0.1) is 11.6 Å². The van der Waals surface area contributed by atoms with E-state index in [4.69, 9.17) is 0 Å². The van der Waals surface area contributed by atoms with Gasteiger partial charge in [0.1, 0.15) is 11.6 Å². The second kappa shape index (κ2) is 4.49. The van der Waals surface area contributed by atoms with Gasteiger partial charge in [-0.1, -0.05) is 0 Å². The van der Waals surface area contributed by atoms with Crippen LogP contribution in [0.25, 0.3) is 5.69 Å². The lowest BCUT2D eigenvalue weighted by atomic mass is 10.1. The van der Waals surface area contributed by atoms with Gasteiger partial charge < -0.3 is 5.32 Å². The van der Waals surface area contributed by atoms with Gasteiger partial charge in [-0.2, -0.15) is 0 Å². The summed E-state index contributed by atoms with van der Waals surface area (Å²) in [5.74, 6) is -0.904. The van der Waals surface area contributed by atoms with Crippen molar-refractivity contribution in [3.63, 3.8) is 0 Å². The van der Waals surface area contributed by atoms with Crippen LogP contribution in [0.3, 0.4) is 0 Å². The van der Waals surface area contributed by atoms with Gasteiger partial charge in [-0.25, -0.2) is 13.8 Å². The van der Waals surface area contributed by atoms with E-state index < -0.39 is 11.6 Å². The first-order valence-electron chi connectivity index (χ1n) is 5.97. The van der Waals surface area contributed by atoms with Gasteiger partial charge in [0, 0.05) is 12.1 Å². The summed E-state index contributed by atoms with van der Waals surface area (Å²) in [6.07, 6.45) is 5.30. The Morgan fingerprint density at radius 1 is 1.33 bits per heavy atom. The zero-order valence-electron chi connectivity index (χ0n) is 9.74. The molecule has 1 atom stereocenters. The third kappa shape index (κ3) is 1.90. The summed E-state index contributed by atoms with van der Waals surface area (Å²) in [5.41, 5.74) is 1.08. The number of nitrogens with one attached hydrogen (secondary N) is 1. The second-order valence-corrected chi connectivity index (χ2v) is 4.43. The van der Waals surface area contributed by atoms with Crippen molar-refractivity contribution < 1.29 is 8.78 Å². The molecular formula is C13H13F2N3. The number of hydrogen-bond acceptors (Lipinski definition) is 2. The maximum Gasteiger partial charge on any atom is 0.147 e. The number of hydrogen-bond donors (Lipinski definition) is 1. The molecule has 3 nitrogen and oxygen atoms in total. The molecule has 1 fully saturated rings. The molecule has 0 radical (unpaired) electrons. The standard InChI is InChI=1S/C13H13F2N3/c14-9-3-4-10(15)12(6-9)18-8-16-7-13(18)11-2-1-5-17-11/h3-4,6-8,11,17H,1-2,5H2/t11-/m0/s1. The first-order chi connectivity index (χ1) is 8.75. The van der Waals surface area contributed by atoms with Crippen LogP contribution in [0.2, 0.25) is 0 Å². The van der Waals surface area contributed by atoms with Crippen LogP contribution in [0.15, 0.2) is 30.7 Å². The van der Waals surface area contributed by atoms with Gasteiger partial charge in [0.05, 0.1) is 23.9 Å². The van der Waals surface area contributed by atoms with Crippen LogP contribution in [0.1, 0.15) is 24.6 Å². The highest BCUT2D eigenvalue weighted by Crippen LogP contribution is 2.26. The third-order valence-electron chi connectivity index (χ3n) is 3.25. The van der Waals surface area contributed by atoms with Crippen molar-refractivity contribution in [2.45, 2.75) is 18.9 Å². The molecule has 1 saturated heterocycles. The van der Waals surface area contributed by atoms with E-state index >= 15 is 0 Å². The van der Waals surface area contributed by atoms with E-state index in [1.54, 1.807) is 10.8 Å². The van der Waals surface area contributed by atoms with Crippen molar-refractivity contribution in [3.8, 4) is 5.69 Å². The van der Waals surface area contributed by atoms with Crippen molar-refractivity contribution in [3.05, 3.63) is 48.1 Å². The summed E-state index contributed by atoms with van der Waals surface area (Å²) in [4.78, 5) is 4.05. The number of halogens is 2. The SMILES string of the molecule is Fc1ccc(F)c(-n2cncc2[C@@H]2CCCN2)c1. The molecule has 0 spiro atoms. The Bertz CT molecular complexity index is 559. The smallest absolute Gasteiger partial charge is 0.147 e. The lowest BCUT2D eigenvalue weighted by Crippen LogP contribution is -2.16. The lowest BCUT2D eigenvalue weighted by molar-refractivity contribution is 0.577. The van der Waals surface area contributed by atoms with Crippen LogP contribution in [-0.2, 0) is 0 Å². The molecule has 1 aliphatic rings. The molecule has 0 bridgehead atoms. The van der Waals surface area contributed by atoms with E-state index in [2.05, 4.69) is 10.3 Å². The topological polar surface area (TPSA) is 29.9 Å². The van der Waals surface area contributed by atoms with Crippen molar-refractivity contribution in [1.29, 1.82) is 0 Å². The minimum Gasteiger partial charge on any atom is -0.309 e. The van der Waals surface area contributed by atoms with Crippen LogP contribution < -0.4 is 5.32 Å². The van der Waals surface area contributed by atoms with Crippen molar-refractivity contribution >= 4 is 0 Å². The van der Waals surface area contributed by atoms with Crippen LogP contribution in [0.4, 0.5) is 8.78 Å². The van der Waals surface area contributed by atoms with Gasteiger partial charge in [0.15, 0.2) is 0 Å². The fraction of sp³-hybridized carbons (Fsp3) is 0.308. The molecule has 1 N–H and O–H groups in total. The molecule has 1 aromatic carbocycles. The Morgan fingerprint density at radius 2 is 2.22 bits per heavy atom. The van der Waals surface area contributed by atoms with Crippen LogP contribution in [-0.4, -0.2) is 16.1 Å². The lowest BCUT2D eigenvalue weighted by Gasteiger charge is -2.14. The molecule has 1 aliphatic heterocycles. The fourth-order valence-corrected chi connectivity index (χ4v) is 2.37. The molecule has 2 aromatic rings. The van der Waals surface area contributed by atoms with Crippen molar-refractivity contribution in [2.24, 2.45) is 0 Å². The Morgan fingerprint density at radius 3 is 3.00 bits per heavy atom. The fourth-order valence-electron chi connectivity index (χ4n) is 2.37. The highest BCUT2D eigenvalue weighted by Gasteiger charge is 2.21. The van der Waals surface area contributed by atoms with Crippen LogP contribution in [0.5, 0.6) is 0 Å². The number of benzene rings is 1. The molecule has 0 saturated carbocycles. The van der Waals surface area contributed by atoms with Gasteiger partial charge in [-0.3, -0.25) is 4.57 Å². The monoisotopic (exact) mass is 249 g/mol. The number of nitrogens with zero attached hydrogens (tertiary/aromatic N) is 2. The Labute approximate surface area is 103 Å². The molecule has 18 heavy (non-hydrogen) atoms. The first-order valence-corrected chi connectivity index (χ1v) is 5.97. The third-order valence-corrected chi connectivity index (χ3v) is 3.25. The largest absolute Gasteiger partial charge is 0.309 e. The maximum absolute atomic E-state index is 13.8. The average molecular weight is 249 g/mol. The zero-order valence-corrected chi connectivity index (χ0v) is 9.74. The highest BCUT2D eigenvalue weighted by atomic mass is 19.1. The average Bonchev–Trinajstić information content (AvgIpc) is 3.00. The molecule has 2 heterocycles. The minimum absolute atomic E-state index is 0.162. The van der Waals surface area contributed by atoms with Gasteiger partial charge in [0.2, 0.25) is 0 Å². The van der Waals surface area contributed by atoms with E-state index in [1.165, 1.54) is 12.4 Å². The predicted molar refractivity (Wildman–Crippen MR) is 63.5 cm³/mol. The summed E-state index contributed by atoms with van der Waals surface area (Å²) >= 11 is 0. The van der Waals surface area contributed by atoms with E-state index in [9.17, 15) is 8.78 Å². The Balaban J connectivity index is 2.06. The number of imidazole rings is 1. The summed E-state index contributed by atoms with van der Waals surface area (Å²) in [5, 5.41) is 3.33. The normalized spacial score (nSPS) is 19.3. The number of rotatable bonds is 2. The minimum atomic E-state index is -0.453. The van der Waals surface area contributed by atoms with E-state index in [0.29, 0.717) is 0 Å². The summed E-state index contributed by atoms with van der Waals surface area (Å²) in [7, 11) is 0. The Kier molecular flexibility index (Phi) is 2.83. The highest BCUT2D eigenvalue weighted by molar-refractivity contribution is 5.36. The van der Waals surface area contributed by atoms with Gasteiger partial charge in [0.25, 0.3) is 0 Å². The predicted octanol–water partition coefficient (Wildman–Crippen LogP) is 2.58. The summed E-state index contributed by atoms with van der Waals surface area (Å²) in [6, 6.07) is 3.60. The van der Waals surface area contributed by atoms with Crippen molar-refractivity contribution in [2.75, 3.05) is 6.54 Å². The molecule has 0 unspecified atom stereocenters. The second-order valence-electron chi connectivity index (χ2n) is 4.43. The molecular weight excluding hydrogens is 236 g/mol. The molecule has 3 rings (SSSR count). The summed E-state index contributed by atoms with van der Waals surface area (Å²) < 4.78 is 28.6. The molecule has 5 heteroatoms. The van der Waals surface area contributed by atoms with Crippen molar-refractivity contribution in [1.82, 2.24) is 14.9 Å². The molecule has 0 amide bonds. The van der Waals surface area contributed by atoms with E-state index in [0.717, 1.165) is 37.2 Å². The molecule has 1 aromatic heterocycles. The number of aromatic nitrogens is 2. The van der Waals surface area contributed by atoms with E-state index in [-0.39, 0.29) is 11.7 Å². The quantitative estimate of drug-likeness (QED) is 0.886. The summed E-state index contributed by atoms with van der Waals surface area (Å²) in [6.45, 7) is 0.946. The van der Waals surface area contributed by atoms with Gasteiger partial charge in [-0.05, 0) is 31.5 Å². The Hall–Kier alpha value is -1.75. The first kappa shape index (κ1) is 11.3. The van der Waals surface area contributed by atoms with Gasteiger partial charge in [-0.15, -0.1) is 0 Å². The zero-order chi connectivity index (χ0) is 12.5. The van der Waals surface area contributed by atoms with Crippen LogP contribution >= 0.6 is 0 Å². The molecule has 0 aliphatic carbocycles. The van der Waals surface area contributed by atoms with Gasteiger partial charge >= 0.3 is 0 Å². The maximum atomic E-state index is 13.8.